The van der Waals surface area contributed by atoms with Crippen LogP contribution in [0.4, 0.5) is 0 Å². The number of phenols is 2. The maximum atomic E-state index is 10.3. The van der Waals surface area contributed by atoms with Crippen molar-refractivity contribution in [1.29, 1.82) is 0 Å². The van der Waals surface area contributed by atoms with Crippen LogP contribution in [0.15, 0.2) is 46.6 Å². The summed E-state index contributed by atoms with van der Waals surface area (Å²) in [5.74, 6) is 0.361. The van der Waals surface area contributed by atoms with Gasteiger partial charge in [-0.15, -0.1) is 0 Å². The van der Waals surface area contributed by atoms with Crippen LogP contribution in [0.3, 0.4) is 0 Å². The first-order chi connectivity index (χ1) is 12.8. The summed E-state index contributed by atoms with van der Waals surface area (Å²) in [6, 6.07) is 11.2. The van der Waals surface area contributed by atoms with E-state index in [4.69, 9.17) is 0 Å². The van der Waals surface area contributed by atoms with Gasteiger partial charge in [0.05, 0.1) is 11.4 Å². The second kappa shape index (κ2) is 7.78. The summed E-state index contributed by atoms with van der Waals surface area (Å²) in [6.07, 6.45) is 0. The molecule has 0 saturated carbocycles. The molecule has 0 saturated heterocycles. The fourth-order valence-electron chi connectivity index (χ4n) is 2.84. The van der Waals surface area contributed by atoms with Gasteiger partial charge in [0.2, 0.25) is 0 Å². The third kappa shape index (κ3) is 5.00. The van der Waals surface area contributed by atoms with Gasteiger partial charge in [0.1, 0.15) is 11.5 Å². The molecule has 0 unspecified atom stereocenters. The SMILES string of the molecule is C/C(=N/N=C(/C)c1cc(C(C)(C)C)ccc1O)c1cc(C(C)(C)C)ccc1O. The molecular weight excluding hydrogens is 348 g/mol. The Balaban J connectivity index is 2.43. The number of hydrogen-bond donors (Lipinski definition) is 2. The normalized spacial score (nSPS) is 13.7. The summed E-state index contributed by atoms with van der Waals surface area (Å²) >= 11 is 0. The molecule has 0 spiro atoms. The van der Waals surface area contributed by atoms with Crippen molar-refractivity contribution in [2.75, 3.05) is 0 Å². The Labute approximate surface area is 168 Å². The minimum Gasteiger partial charge on any atom is -0.507 e. The number of hydrogen-bond acceptors (Lipinski definition) is 4. The number of rotatable bonds is 3. The van der Waals surface area contributed by atoms with E-state index in [9.17, 15) is 10.2 Å². The number of phenolic OH excluding ortho intramolecular Hbond substituents is 2. The Morgan fingerprint density at radius 3 is 1.25 bits per heavy atom. The highest BCUT2D eigenvalue weighted by Gasteiger charge is 2.18. The van der Waals surface area contributed by atoms with E-state index in [1.165, 1.54) is 0 Å². The van der Waals surface area contributed by atoms with Gasteiger partial charge < -0.3 is 10.2 Å². The van der Waals surface area contributed by atoms with Crippen LogP contribution in [0.5, 0.6) is 11.5 Å². The van der Waals surface area contributed by atoms with Crippen LogP contribution in [0.1, 0.15) is 77.6 Å². The van der Waals surface area contributed by atoms with E-state index in [-0.39, 0.29) is 22.3 Å². The highest BCUT2D eigenvalue weighted by Crippen LogP contribution is 2.29. The average molecular weight is 381 g/mol. The minimum absolute atomic E-state index is 0.0267. The van der Waals surface area contributed by atoms with Crippen molar-refractivity contribution in [2.45, 2.75) is 66.2 Å². The van der Waals surface area contributed by atoms with Gasteiger partial charge >= 0.3 is 0 Å². The molecule has 28 heavy (non-hydrogen) atoms. The molecule has 2 aromatic carbocycles. The highest BCUT2D eigenvalue weighted by atomic mass is 16.3. The van der Waals surface area contributed by atoms with Crippen molar-refractivity contribution < 1.29 is 10.2 Å². The van der Waals surface area contributed by atoms with Gasteiger partial charge in [-0.1, -0.05) is 53.7 Å². The maximum Gasteiger partial charge on any atom is 0.124 e. The molecule has 2 N–H and O–H groups in total. The second-order valence-corrected chi connectivity index (χ2v) is 9.33. The quantitative estimate of drug-likeness (QED) is 0.512. The molecule has 0 atom stereocenters. The van der Waals surface area contributed by atoms with Gasteiger partial charge in [0.15, 0.2) is 0 Å². The van der Waals surface area contributed by atoms with E-state index in [0.29, 0.717) is 22.6 Å². The molecule has 0 aliphatic heterocycles. The maximum absolute atomic E-state index is 10.3. The predicted octanol–water partition coefficient (Wildman–Crippen LogP) is 5.93. The van der Waals surface area contributed by atoms with E-state index < -0.39 is 0 Å². The van der Waals surface area contributed by atoms with E-state index in [2.05, 4.69) is 51.7 Å². The lowest BCUT2D eigenvalue weighted by molar-refractivity contribution is 0.472. The molecule has 150 valence electrons. The van der Waals surface area contributed by atoms with Crippen LogP contribution in [-0.2, 0) is 10.8 Å². The molecule has 0 aliphatic carbocycles. The zero-order chi connectivity index (χ0) is 21.3. The first-order valence-corrected chi connectivity index (χ1v) is 9.57. The van der Waals surface area contributed by atoms with Crippen molar-refractivity contribution >= 4 is 11.4 Å². The molecule has 0 amide bonds. The van der Waals surface area contributed by atoms with Gasteiger partial charge in [-0.2, -0.15) is 10.2 Å². The van der Waals surface area contributed by atoms with E-state index >= 15 is 0 Å². The Kier molecular flexibility index (Phi) is 6.03. The number of aromatic hydroxyl groups is 2. The van der Waals surface area contributed by atoms with Gasteiger partial charge in [0.25, 0.3) is 0 Å². The van der Waals surface area contributed by atoms with Crippen LogP contribution in [-0.4, -0.2) is 21.6 Å². The first kappa shape index (κ1) is 21.7. The summed E-state index contributed by atoms with van der Waals surface area (Å²) in [7, 11) is 0. The third-order valence-electron chi connectivity index (χ3n) is 4.85. The third-order valence-corrected chi connectivity index (χ3v) is 4.85. The molecular formula is C24H32N2O2. The molecule has 4 nitrogen and oxygen atoms in total. The average Bonchev–Trinajstić information content (AvgIpc) is 2.58. The zero-order valence-electron chi connectivity index (χ0n) is 18.3. The van der Waals surface area contributed by atoms with Crippen molar-refractivity contribution in [3.63, 3.8) is 0 Å². The standard InChI is InChI=1S/C24H32N2O2/c1-15(19-13-17(23(3,4)5)9-11-21(19)27)25-26-16(2)20-14-18(24(6,7)8)10-12-22(20)28/h9-14,27-28H,1-8H3/b25-15-,26-16-. The van der Waals surface area contributed by atoms with Crippen LogP contribution in [0.2, 0.25) is 0 Å². The van der Waals surface area contributed by atoms with Gasteiger partial charge in [0, 0.05) is 11.1 Å². The Morgan fingerprint density at radius 1 is 0.643 bits per heavy atom. The lowest BCUT2D eigenvalue weighted by atomic mass is 9.85. The monoisotopic (exact) mass is 380 g/mol. The zero-order valence-corrected chi connectivity index (χ0v) is 18.3. The van der Waals surface area contributed by atoms with Crippen LogP contribution in [0, 0.1) is 0 Å². The van der Waals surface area contributed by atoms with Crippen molar-refractivity contribution in [1.82, 2.24) is 0 Å². The van der Waals surface area contributed by atoms with Crippen LogP contribution >= 0.6 is 0 Å². The summed E-state index contributed by atoms with van der Waals surface area (Å²) in [5.41, 5.74) is 4.75. The number of benzene rings is 2. The fraction of sp³-hybridized carbons (Fsp3) is 0.417. The van der Waals surface area contributed by atoms with E-state index in [1.807, 2.05) is 38.1 Å². The largest absolute Gasteiger partial charge is 0.507 e. The van der Waals surface area contributed by atoms with Crippen LogP contribution < -0.4 is 0 Å². The predicted molar refractivity (Wildman–Crippen MR) is 118 cm³/mol. The molecule has 2 aromatic rings. The smallest absolute Gasteiger partial charge is 0.124 e. The molecule has 0 heterocycles. The highest BCUT2D eigenvalue weighted by molar-refractivity contribution is 6.04. The lowest BCUT2D eigenvalue weighted by Crippen LogP contribution is -2.12. The van der Waals surface area contributed by atoms with Crippen molar-refractivity contribution in [3.8, 4) is 11.5 Å². The van der Waals surface area contributed by atoms with Crippen LogP contribution in [0.25, 0.3) is 0 Å². The van der Waals surface area contributed by atoms with Crippen molar-refractivity contribution in [2.24, 2.45) is 10.2 Å². The molecule has 0 aliphatic rings. The summed E-state index contributed by atoms with van der Waals surface area (Å²) in [6.45, 7) is 16.4. The number of nitrogens with zero attached hydrogens (tertiary/aromatic N) is 2. The Bertz CT molecular complexity index is 849. The van der Waals surface area contributed by atoms with Gasteiger partial charge in [-0.05, 0) is 60.1 Å². The Hall–Kier alpha value is -2.62. The summed E-state index contributed by atoms with van der Waals surface area (Å²) in [5, 5.41) is 29.2. The van der Waals surface area contributed by atoms with E-state index in [0.717, 1.165) is 11.1 Å². The molecule has 0 bridgehead atoms. The molecule has 4 heteroatoms. The van der Waals surface area contributed by atoms with Gasteiger partial charge in [-0.25, -0.2) is 0 Å². The topological polar surface area (TPSA) is 65.2 Å². The van der Waals surface area contributed by atoms with Gasteiger partial charge in [-0.3, -0.25) is 0 Å². The summed E-state index contributed by atoms with van der Waals surface area (Å²) < 4.78 is 0. The summed E-state index contributed by atoms with van der Waals surface area (Å²) in [4.78, 5) is 0. The molecule has 0 aromatic heterocycles. The minimum atomic E-state index is -0.0267. The van der Waals surface area contributed by atoms with Crippen molar-refractivity contribution in [3.05, 3.63) is 58.7 Å². The molecule has 0 fully saturated rings. The molecule has 0 radical (unpaired) electrons. The fourth-order valence-corrected chi connectivity index (χ4v) is 2.84. The second-order valence-electron chi connectivity index (χ2n) is 9.33. The Morgan fingerprint density at radius 2 is 0.964 bits per heavy atom. The lowest BCUT2D eigenvalue weighted by Gasteiger charge is -2.20. The molecule has 2 rings (SSSR count). The van der Waals surface area contributed by atoms with E-state index in [1.54, 1.807) is 12.1 Å². The first-order valence-electron chi connectivity index (χ1n) is 9.57.